The lowest BCUT2D eigenvalue weighted by Gasteiger charge is -2.17. The molecule has 1 fully saturated rings. The van der Waals surface area contributed by atoms with Crippen molar-refractivity contribution in [3.05, 3.63) is 28.8 Å². The first-order chi connectivity index (χ1) is 8.60. The molecule has 0 spiro atoms. The van der Waals surface area contributed by atoms with Crippen LogP contribution in [0.1, 0.15) is 12.0 Å². The van der Waals surface area contributed by atoms with Gasteiger partial charge in [-0.25, -0.2) is 0 Å². The minimum atomic E-state index is -0.712. The largest absolute Gasteiger partial charge is 0.496 e. The molecule has 1 heterocycles. The third-order valence-electron chi connectivity index (χ3n) is 3.26. The summed E-state index contributed by atoms with van der Waals surface area (Å²) in [4.78, 5) is 13.0. The second-order valence-corrected chi connectivity index (χ2v) is 4.95. The Morgan fingerprint density at radius 1 is 1.61 bits per heavy atom. The van der Waals surface area contributed by atoms with Gasteiger partial charge in [-0.05, 0) is 31.2 Å². The van der Waals surface area contributed by atoms with Gasteiger partial charge in [-0.2, -0.15) is 0 Å². The summed E-state index contributed by atoms with van der Waals surface area (Å²) in [6.45, 7) is 2.06. The number of ether oxygens (including phenoxy) is 1. The van der Waals surface area contributed by atoms with Crippen LogP contribution >= 0.6 is 11.6 Å². The number of carboxylic acids is 1. The van der Waals surface area contributed by atoms with Crippen LogP contribution < -0.4 is 4.74 Å². The second-order valence-electron chi connectivity index (χ2n) is 4.52. The molecule has 0 amide bonds. The Bertz CT molecular complexity index is 450. The van der Waals surface area contributed by atoms with Crippen LogP contribution in [0, 0.1) is 5.92 Å². The zero-order chi connectivity index (χ0) is 13.1. The number of carboxylic acid groups (broad SMARTS) is 1. The molecule has 1 aliphatic rings. The van der Waals surface area contributed by atoms with E-state index in [0.29, 0.717) is 24.5 Å². The molecule has 0 aromatic heterocycles. The molecule has 0 unspecified atom stereocenters. The van der Waals surface area contributed by atoms with E-state index in [1.807, 2.05) is 12.1 Å². The topological polar surface area (TPSA) is 49.8 Å². The maximum absolute atomic E-state index is 10.9. The monoisotopic (exact) mass is 269 g/mol. The summed E-state index contributed by atoms with van der Waals surface area (Å²) >= 11 is 5.97. The van der Waals surface area contributed by atoms with E-state index in [-0.39, 0.29) is 5.92 Å². The predicted octanol–water partition coefficient (Wildman–Crippen LogP) is 2.26. The highest BCUT2D eigenvalue weighted by atomic mass is 35.5. The summed E-state index contributed by atoms with van der Waals surface area (Å²) in [6.07, 6.45) is 0.707. The zero-order valence-electron chi connectivity index (χ0n) is 10.2. The van der Waals surface area contributed by atoms with Crippen LogP contribution in [0.2, 0.25) is 5.02 Å². The molecule has 2 rings (SSSR count). The van der Waals surface area contributed by atoms with Crippen molar-refractivity contribution < 1.29 is 14.6 Å². The minimum Gasteiger partial charge on any atom is -0.496 e. The van der Waals surface area contributed by atoms with Gasteiger partial charge in [-0.15, -0.1) is 0 Å². The molecule has 0 radical (unpaired) electrons. The number of benzene rings is 1. The molecular formula is C13H16ClNO3. The van der Waals surface area contributed by atoms with Crippen molar-refractivity contribution in [3.8, 4) is 5.75 Å². The number of hydrogen-bond acceptors (Lipinski definition) is 3. The highest BCUT2D eigenvalue weighted by Crippen LogP contribution is 2.26. The third kappa shape index (κ3) is 2.94. The van der Waals surface area contributed by atoms with E-state index in [1.165, 1.54) is 0 Å². The number of methoxy groups -OCH3 is 1. The number of likely N-dealkylation sites (tertiary alicyclic amines) is 1. The fourth-order valence-electron chi connectivity index (χ4n) is 2.29. The highest BCUT2D eigenvalue weighted by Gasteiger charge is 2.28. The van der Waals surface area contributed by atoms with Crippen LogP contribution in [-0.2, 0) is 11.3 Å². The smallest absolute Gasteiger partial charge is 0.307 e. The summed E-state index contributed by atoms with van der Waals surface area (Å²) in [5.74, 6) is -0.177. The number of rotatable bonds is 4. The molecule has 1 atom stereocenters. The molecule has 4 nitrogen and oxygen atoms in total. The molecule has 18 heavy (non-hydrogen) atoms. The molecule has 0 aliphatic carbocycles. The first-order valence-electron chi connectivity index (χ1n) is 5.87. The van der Waals surface area contributed by atoms with Gasteiger partial charge < -0.3 is 9.84 Å². The Labute approximate surface area is 111 Å². The second kappa shape index (κ2) is 5.59. The number of aliphatic carboxylic acids is 1. The molecular weight excluding hydrogens is 254 g/mol. The van der Waals surface area contributed by atoms with Crippen molar-refractivity contribution in [2.24, 2.45) is 5.92 Å². The molecule has 0 saturated carbocycles. The van der Waals surface area contributed by atoms with Gasteiger partial charge in [0.2, 0.25) is 0 Å². The number of carbonyl (C=O) groups is 1. The minimum absolute atomic E-state index is 0.254. The fraction of sp³-hybridized carbons (Fsp3) is 0.462. The van der Waals surface area contributed by atoms with Crippen molar-refractivity contribution in [1.29, 1.82) is 0 Å². The predicted molar refractivity (Wildman–Crippen MR) is 69.0 cm³/mol. The van der Waals surface area contributed by atoms with Crippen LogP contribution in [-0.4, -0.2) is 36.2 Å². The Kier molecular flexibility index (Phi) is 4.09. The average Bonchev–Trinajstić information content (AvgIpc) is 2.78. The third-order valence-corrected chi connectivity index (χ3v) is 3.49. The van der Waals surface area contributed by atoms with Crippen molar-refractivity contribution in [2.45, 2.75) is 13.0 Å². The van der Waals surface area contributed by atoms with Crippen molar-refractivity contribution in [3.63, 3.8) is 0 Å². The lowest BCUT2D eigenvalue weighted by molar-refractivity contribution is -0.141. The lowest BCUT2D eigenvalue weighted by Crippen LogP contribution is -2.23. The summed E-state index contributed by atoms with van der Waals surface area (Å²) in [6, 6.07) is 5.49. The van der Waals surface area contributed by atoms with Crippen LogP contribution in [0.25, 0.3) is 0 Å². The maximum atomic E-state index is 10.9. The Balaban J connectivity index is 2.06. The number of halogens is 1. The first kappa shape index (κ1) is 13.2. The molecule has 1 aromatic rings. The molecule has 1 aliphatic heterocycles. The Morgan fingerprint density at radius 2 is 2.39 bits per heavy atom. The van der Waals surface area contributed by atoms with Crippen molar-refractivity contribution in [2.75, 3.05) is 20.2 Å². The standard InChI is InChI=1S/C13H16ClNO3/c1-18-12-3-2-11(14)6-10(12)8-15-5-4-9(7-15)13(16)17/h2-3,6,9H,4-5,7-8H2,1H3,(H,16,17)/t9-/m0/s1. The number of nitrogens with zero attached hydrogens (tertiary/aromatic N) is 1. The van der Waals surface area contributed by atoms with E-state index >= 15 is 0 Å². The summed E-state index contributed by atoms with van der Waals surface area (Å²) < 4.78 is 5.28. The first-order valence-corrected chi connectivity index (χ1v) is 6.25. The molecule has 0 bridgehead atoms. The lowest BCUT2D eigenvalue weighted by atomic mass is 10.1. The van der Waals surface area contributed by atoms with Gasteiger partial charge in [0.1, 0.15) is 5.75 Å². The van der Waals surface area contributed by atoms with E-state index in [4.69, 9.17) is 21.4 Å². The quantitative estimate of drug-likeness (QED) is 0.911. The van der Waals surface area contributed by atoms with E-state index in [2.05, 4.69) is 4.90 Å². The Morgan fingerprint density at radius 3 is 3.00 bits per heavy atom. The normalized spacial score (nSPS) is 20.0. The van der Waals surface area contributed by atoms with E-state index < -0.39 is 5.97 Å². The van der Waals surface area contributed by atoms with Crippen LogP contribution in [0.4, 0.5) is 0 Å². The number of hydrogen-bond donors (Lipinski definition) is 1. The van der Waals surface area contributed by atoms with Crippen LogP contribution in [0.15, 0.2) is 18.2 Å². The van der Waals surface area contributed by atoms with Crippen molar-refractivity contribution in [1.82, 2.24) is 4.90 Å². The van der Waals surface area contributed by atoms with Crippen molar-refractivity contribution >= 4 is 17.6 Å². The van der Waals surface area contributed by atoms with Gasteiger partial charge in [0.15, 0.2) is 0 Å². The van der Waals surface area contributed by atoms with E-state index in [9.17, 15) is 4.79 Å². The molecule has 1 N–H and O–H groups in total. The van der Waals surface area contributed by atoms with Gasteiger partial charge in [-0.1, -0.05) is 11.6 Å². The van der Waals surface area contributed by atoms with Gasteiger partial charge >= 0.3 is 5.97 Å². The van der Waals surface area contributed by atoms with Crippen LogP contribution in [0.3, 0.4) is 0 Å². The summed E-state index contributed by atoms with van der Waals surface area (Å²) in [7, 11) is 1.62. The average molecular weight is 270 g/mol. The molecule has 1 aromatic carbocycles. The summed E-state index contributed by atoms with van der Waals surface area (Å²) in [5, 5.41) is 9.64. The van der Waals surface area contributed by atoms with Gasteiger partial charge in [0.05, 0.1) is 13.0 Å². The van der Waals surface area contributed by atoms with Crippen LogP contribution in [0.5, 0.6) is 5.75 Å². The fourth-order valence-corrected chi connectivity index (χ4v) is 2.48. The zero-order valence-corrected chi connectivity index (χ0v) is 11.0. The summed E-state index contributed by atoms with van der Waals surface area (Å²) in [5.41, 5.74) is 0.996. The highest BCUT2D eigenvalue weighted by molar-refractivity contribution is 6.30. The molecule has 98 valence electrons. The van der Waals surface area contributed by atoms with E-state index in [1.54, 1.807) is 13.2 Å². The molecule has 1 saturated heterocycles. The maximum Gasteiger partial charge on any atom is 0.307 e. The van der Waals surface area contributed by atoms with Gasteiger partial charge in [0.25, 0.3) is 0 Å². The SMILES string of the molecule is COc1ccc(Cl)cc1CN1CC[C@H](C(=O)O)C1. The van der Waals surface area contributed by atoms with Gasteiger partial charge in [0, 0.05) is 23.7 Å². The van der Waals surface area contributed by atoms with E-state index in [0.717, 1.165) is 17.9 Å². The molecule has 5 heteroatoms. The Hall–Kier alpha value is -1.26. The van der Waals surface area contributed by atoms with Gasteiger partial charge in [-0.3, -0.25) is 9.69 Å².